The van der Waals surface area contributed by atoms with Crippen molar-refractivity contribution in [2.75, 3.05) is 5.32 Å². The van der Waals surface area contributed by atoms with Crippen molar-refractivity contribution < 1.29 is 9.59 Å². The minimum atomic E-state index is -0.684. The zero-order valence-corrected chi connectivity index (χ0v) is 13.1. The summed E-state index contributed by atoms with van der Waals surface area (Å²) in [7, 11) is 0. The fraction of sp³-hybridized carbons (Fsp3) is 0.125. The van der Waals surface area contributed by atoms with Crippen LogP contribution in [-0.4, -0.2) is 11.8 Å². The van der Waals surface area contributed by atoms with E-state index >= 15 is 0 Å². The van der Waals surface area contributed by atoms with Gasteiger partial charge < -0.3 is 10.6 Å². The largest absolute Gasteiger partial charge is 0.341 e. The lowest BCUT2D eigenvalue weighted by Crippen LogP contribution is -2.36. The van der Waals surface area contributed by atoms with E-state index in [-0.39, 0.29) is 6.04 Å². The molecule has 0 aliphatic rings. The summed E-state index contributed by atoms with van der Waals surface area (Å²) in [6, 6.07) is 16.3. The normalized spacial score (nSPS) is 11.5. The Morgan fingerprint density at radius 1 is 1.00 bits per heavy atom. The maximum Gasteiger partial charge on any atom is 0.313 e. The first kappa shape index (κ1) is 15.3. The molecule has 0 aliphatic carbocycles. The third-order valence-electron chi connectivity index (χ3n) is 2.94. The van der Waals surface area contributed by atoms with Gasteiger partial charge in [-0.05, 0) is 30.7 Å². The standard InChI is InChI=1S/C16H15BrN2O2/c1-11(12-6-3-2-4-7-12)18-15(20)16(21)19-14-9-5-8-13(17)10-14/h2-11H,1H3,(H,18,20)(H,19,21)/t11-/m0/s1. The monoisotopic (exact) mass is 346 g/mol. The Bertz CT molecular complexity index is 644. The Labute approximate surface area is 131 Å². The number of benzene rings is 2. The lowest BCUT2D eigenvalue weighted by molar-refractivity contribution is -0.136. The van der Waals surface area contributed by atoms with Gasteiger partial charge in [0.2, 0.25) is 0 Å². The molecule has 0 spiro atoms. The van der Waals surface area contributed by atoms with Gasteiger partial charge in [-0.15, -0.1) is 0 Å². The molecule has 0 bridgehead atoms. The van der Waals surface area contributed by atoms with Gasteiger partial charge in [0.15, 0.2) is 0 Å². The number of nitrogens with one attached hydrogen (secondary N) is 2. The van der Waals surface area contributed by atoms with Gasteiger partial charge in [0.25, 0.3) is 0 Å². The predicted molar refractivity (Wildman–Crippen MR) is 85.8 cm³/mol. The molecule has 21 heavy (non-hydrogen) atoms. The number of rotatable bonds is 3. The van der Waals surface area contributed by atoms with Crippen LogP contribution in [0.15, 0.2) is 59.1 Å². The number of carbonyl (C=O) groups excluding carboxylic acids is 2. The van der Waals surface area contributed by atoms with E-state index in [1.807, 2.05) is 43.3 Å². The van der Waals surface area contributed by atoms with Gasteiger partial charge in [-0.1, -0.05) is 52.3 Å². The van der Waals surface area contributed by atoms with E-state index in [4.69, 9.17) is 0 Å². The first-order chi connectivity index (χ1) is 10.1. The molecule has 1 atom stereocenters. The molecule has 2 rings (SSSR count). The topological polar surface area (TPSA) is 58.2 Å². The molecule has 4 nitrogen and oxygen atoms in total. The summed E-state index contributed by atoms with van der Waals surface area (Å²) in [5.74, 6) is -1.35. The van der Waals surface area contributed by atoms with E-state index in [0.717, 1.165) is 10.0 Å². The number of carbonyl (C=O) groups is 2. The van der Waals surface area contributed by atoms with Gasteiger partial charge in [0, 0.05) is 10.2 Å². The Kier molecular flexibility index (Phi) is 5.11. The Balaban J connectivity index is 1.95. The summed E-state index contributed by atoms with van der Waals surface area (Å²) >= 11 is 3.31. The molecule has 0 radical (unpaired) electrons. The SMILES string of the molecule is C[C@H](NC(=O)C(=O)Nc1cccc(Br)c1)c1ccccc1. The van der Waals surface area contributed by atoms with Crippen molar-refractivity contribution in [2.45, 2.75) is 13.0 Å². The summed E-state index contributed by atoms with van der Waals surface area (Å²) in [6.07, 6.45) is 0. The van der Waals surface area contributed by atoms with Crippen molar-refractivity contribution in [3.05, 3.63) is 64.6 Å². The molecule has 5 heteroatoms. The fourth-order valence-corrected chi connectivity index (χ4v) is 2.24. The number of hydrogen-bond donors (Lipinski definition) is 2. The summed E-state index contributed by atoms with van der Waals surface area (Å²) in [5, 5.41) is 5.23. The van der Waals surface area contributed by atoms with Gasteiger partial charge in [0.05, 0.1) is 6.04 Å². The maximum absolute atomic E-state index is 11.9. The molecular formula is C16H15BrN2O2. The predicted octanol–water partition coefficient (Wildman–Crippen LogP) is 3.27. The Morgan fingerprint density at radius 3 is 2.38 bits per heavy atom. The fourth-order valence-electron chi connectivity index (χ4n) is 1.84. The third kappa shape index (κ3) is 4.43. The van der Waals surface area contributed by atoms with Crippen LogP contribution in [0.5, 0.6) is 0 Å². The minimum Gasteiger partial charge on any atom is -0.341 e. The molecular weight excluding hydrogens is 332 g/mol. The summed E-state index contributed by atoms with van der Waals surface area (Å²) < 4.78 is 0.832. The van der Waals surface area contributed by atoms with Gasteiger partial charge in [-0.25, -0.2) is 0 Å². The second kappa shape index (κ2) is 7.04. The van der Waals surface area contributed by atoms with E-state index in [1.54, 1.807) is 18.2 Å². The highest BCUT2D eigenvalue weighted by Gasteiger charge is 2.17. The molecule has 0 aromatic heterocycles. The first-order valence-corrected chi connectivity index (χ1v) is 7.28. The highest BCUT2D eigenvalue weighted by molar-refractivity contribution is 9.10. The molecule has 2 N–H and O–H groups in total. The Hall–Kier alpha value is -2.14. The van der Waals surface area contributed by atoms with Gasteiger partial charge in [0.1, 0.15) is 0 Å². The third-order valence-corrected chi connectivity index (χ3v) is 3.43. The first-order valence-electron chi connectivity index (χ1n) is 6.48. The maximum atomic E-state index is 11.9. The van der Waals surface area contributed by atoms with Crippen molar-refractivity contribution in [1.29, 1.82) is 0 Å². The van der Waals surface area contributed by atoms with Crippen LogP contribution in [-0.2, 0) is 9.59 Å². The minimum absolute atomic E-state index is 0.230. The van der Waals surface area contributed by atoms with E-state index in [2.05, 4.69) is 26.6 Å². The van der Waals surface area contributed by atoms with Crippen LogP contribution in [0, 0.1) is 0 Å². The van der Waals surface area contributed by atoms with E-state index in [1.165, 1.54) is 0 Å². The molecule has 0 heterocycles. The van der Waals surface area contributed by atoms with E-state index < -0.39 is 11.8 Å². The van der Waals surface area contributed by atoms with Gasteiger partial charge in [-0.3, -0.25) is 9.59 Å². The molecule has 2 amide bonds. The zero-order chi connectivity index (χ0) is 15.2. The van der Waals surface area contributed by atoms with Crippen molar-refractivity contribution in [2.24, 2.45) is 0 Å². The molecule has 0 unspecified atom stereocenters. The van der Waals surface area contributed by atoms with Crippen molar-refractivity contribution in [3.63, 3.8) is 0 Å². The van der Waals surface area contributed by atoms with Crippen molar-refractivity contribution in [3.8, 4) is 0 Å². The summed E-state index contributed by atoms with van der Waals surface area (Å²) in [4.78, 5) is 23.7. The lowest BCUT2D eigenvalue weighted by Gasteiger charge is -2.14. The average Bonchev–Trinajstić information content (AvgIpc) is 2.48. The number of hydrogen-bond acceptors (Lipinski definition) is 2. The molecule has 2 aromatic rings. The highest BCUT2D eigenvalue weighted by atomic mass is 79.9. The second-order valence-electron chi connectivity index (χ2n) is 4.57. The van der Waals surface area contributed by atoms with Crippen LogP contribution < -0.4 is 10.6 Å². The molecule has 0 aliphatic heterocycles. The lowest BCUT2D eigenvalue weighted by atomic mass is 10.1. The molecule has 0 saturated heterocycles. The van der Waals surface area contributed by atoms with Crippen molar-refractivity contribution >= 4 is 33.4 Å². The van der Waals surface area contributed by atoms with Crippen LogP contribution in [0.1, 0.15) is 18.5 Å². The second-order valence-corrected chi connectivity index (χ2v) is 5.49. The average molecular weight is 347 g/mol. The smallest absolute Gasteiger partial charge is 0.313 e. The van der Waals surface area contributed by atoms with Crippen LogP contribution in [0.4, 0.5) is 5.69 Å². The van der Waals surface area contributed by atoms with Crippen LogP contribution >= 0.6 is 15.9 Å². The summed E-state index contributed by atoms with van der Waals surface area (Å²) in [6.45, 7) is 1.83. The van der Waals surface area contributed by atoms with E-state index in [9.17, 15) is 9.59 Å². The van der Waals surface area contributed by atoms with E-state index in [0.29, 0.717) is 5.69 Å². The number of anilines is 1. The Morgan fingerprint density at radius 2 is 1.71 bits per heavy atom. The van der Waals surface area contributed by atoms with Crippen LogP contribution in [0.2, 0.25) is 0 Å². The quantitative estimate of drug-likeness (QED) is 0.838. The number of amides is 2. The molecule has 0 saturated carbocycles. The number of halogens is 1. The summed E-state index contributed by atoms with van der Waals surface area (Å²) in [5.41, 5.74) is 1.51. The molecule has 0 fully saturated rings. The molecule has 108 valence electrons. The zero-order valence-electron chi connectivity index (χ0n) is 11.5. The highest BCUT2D eigenvalue weighted by Crippen LogP contribution is 2.16. The molecule has 2 aromatic carbocycles. The van der Waals surface area contributed by atoms with Crippen molar-refractivity contribution in [1.82, 2.24) is 5.32 Å². The van der Waals surface area contributed by atoms with Crippen LogP contribution in [0.25, 0.3) is 0 Å². The van der Waals surface area contributed by atoms with Gasteiger partial charge >= 0.3 is 11.8 Å². The van der Waals surface area contributed by atoms with Crippen LogP contribution in [0.3, 0.4) is 0 Å². The van der Waals surface area contributed by atoms with Gasteiger partial charge in [-0.2, -0.15) is 0 Å².